The van der Waals surface area contributed by atoms with E-state index in [1.165, 1.54) is 48.9 Å². The molecule has 1 aromatic heterocycles. The first-order chi connectivity index (χ1) is 12.7. The smallest absolute Gasteiger partial charge is 0.213 e. The Morgan fingerprint density at radius 2 is 1.77 bits per heavy atom. The minimum Gasteiger partial charge on any atom is -0.478 e. The summed E-state index contributed by atoms with van der Waals surface area (Å²) in [6, 6.07) is 10.8. The molecule has 0 N–H and O–H groups in total. The Morgan fingerprint density at radius 1 is 1.00 bits per heavy atom. The molecule has 3 heteroatoms. The van der Waals surface area contributed by atoms with Gasteiger partial charge in [-0.25, -0.2) is 4.98 Å². The van der Waals surface area contributed by atoms with Crippen LogP contribution in [0, 0.1) is 0 Å². The molecule has 0 saturated heterocycles. The molecule has 2 aromatic rings. The number of nitrogens with zero attached hydrogens (tertiary/aromatic N) is 2. The Hall–Kier alpha value is -2.03. The van der Waals surface area contributed by atoms with Crippen LogP contribution in [0.25, 0.3) is 11.1 Å². The molecule has 0 spiro atoms. The molecule has 0 bridgehead atoms. The number of ether oxygens (including phenoxy) is 1. The lowest BCUT2D eigenvalue weighted by Gasteiger charge is -2.19. The normalized spacial score (nSPS) is 13.3. The van der Waals surface area contributed by atoms with Gasteiger partial charge >= 0.3 is 0 Å². The van der Waals surface area contributed by atoms with Gasteiger partial charge in [0.1, 0.15) is 0 Å². The third-order valence-electron chi connectivity index (χ3n) is 4.75. The summed E-state index contributed by atoms with van der Waals surface area (Å²) < 4.78 is 5.40. The second-order valence-corrected chi connectivity index (χ2v) is 6.89. The molecule has 0 atom stereocenters. The van der Waals surface area contributed by atoms with Crippen molar-refractivity contribution in [3.05, 3.63) is 42.1 Å². The summed E-state index contributed by atoms with van der Waals surface area (Å²) in [6.45, 7) is 8.19. The zero-order chi connectivity index (χ0) is 18.8. The molecule has 3 rings (SSSR count). The Morgan fingerprint density at radius 3 is 2.38 bits per heavy atom. The van der Waals surface area contributed by atoms with Crippen LogP contribution in [0.1, 0.15) is 58.4 Å². The second kappa shape index (κ2) is 10.8. The molecule has 0 radical (unpaired) electrons. The average molecular weight is 355 g/mol. The van der Waals surface area contributed by atoms with Crippen molar-refractivity contribution in [2.24, 2.45) is 0 Å². The van der Waals surface area contributed by atoms with Crippen LogP contribution in [0.15, 0.2) is 36.5 Å². The number of hydrogen-bond donors (Lipinski definition) is 0. The van der Waals surface area contributed by atoms with Crippen LogP contribution in [0.3, 0.4) is 0 Å². The van der Waals surface area contributed by atoms with Crippen LogP contribution < -0.4 is 9.64 Å². The van der Waals surface area contributed by atoms with Crippen molar-refractivity contribution in [2.45, 2.75) is 59.3 Å². The summed E-state index contributed by atoms with van der Waals surface area (Å²) in [6.07, 6.45) is 9.67. The molecule has 142 valence electrons. The van der Waals surface area contributed by atoms with Gasteiger partial charge in [0.2, 0.25) is 5.88 Å². The van der Waals surface area contributed by atoms with Crippen LogP contribution in [0.2, 0.25) is 0 Å². The summed E-state index contributed by atoms with van der Waals surface area (Å²) in [5, 5.41) is 0. The lowest BCUT2D eigenvalue weighted by Crippen LogP contribution is -2.17. The fourth-order valence-corrected chi connectivity index (χ4v) is 3.26. The zero-order valence-corrected chi connectivity index (χ0v) is 16.9. The Kier molecular flexibility index (Phi) is 8.46. The van der Waals surface area contributed by atoms with E-state index in [9.17, 15) is 0 Å². The summed E-state index contributed by atoms with van der Waals surface area (Å²) in [5.74, 6) is 0.691. The van der Waals surface area contributed by atoms with Gasteiger partial charge < -0.3 is 9.64 Å². The number of hydrogen-bond acceptors (Lipinski definition) is 3. The Bertz CT molecular complexity index is 650. The number of anilines is 1. The highest BCUT2D eigenvalue weighted by Crippen LogP contribution is 2.30. The summed E-state index contributed by atoms with van der Waals surface area (Å²) in [7, 11) is 2.18. The maximum atomic E-state index is 5.40. The molecular formula is C23H34N2O. The summed E-state index contributed by atoms with van der Waals surface area (Å²) in [4.78, 5) is 6.72. The average Bonchev–Trinajstić information content (AvgIpc) is 2.85. The van der Waals surface area contributed by atoms with Gasteiger partial charge in [-0.05, 0) is 55.5 Å². The van der Waals surface area contributed by atoms with Gasteiger partial charge in [0, 0.05) is 37.1 Å². The number of aromatic nitrogens is 1. The van der Waals surface area contributed by atoms with Crippen molar-refractivity contribution in [1.82, 2.24) is 4.98 Å². The number of fused-ring (bicyclic) bond motifs is 1. The molecule has 2 heterocycles. The molecule has 1 aromatic carbocycles. The van der Waals surface area contributed by atoms with Crippen LogP contribution in [0.4, 0.5) is 5.69 Å². The number of pyridine rings is 1. The van der Waals surface area contributed by atoms with Crippen molar-refractivity contribution in [2.75, 3.05) is 25.1 Å². The van der Waals surface area contributed by atoms with Crippen molar-refractivity contribution >= 4 is 5.69 Å². The van der Waals surface area contributed by atoms with Crippen LogP contribution in [-0.2, 0) is 6.42 Å². The summed E-state index contributed by atoms with van der Waals surface area (Å²) in [5.41, 5.74) is 5.20. The van der Waals surface area contributed by atoms with E-state index in [2.05, 4.69) is 55.0 Å². The molecule has 0 amide bonds. The van der Waals surface area contributed by atoms with Gasteiger partial charge in [-0.2, -0.15) is 0 Å². The van der Waals surface area contributed by atoms with Gasteiger partial charge in [-0.1, -0.05) is 39.2 Å². The fourth-order valence-electron chi connectivity index (χ4n) is 3.26. The molecule has 0 saturated carbocycles. The molecule has 26 heavy (non-hydrogen) atoms. The van der Waals surface area contributed by atoms with Gasteiger partial charge in [0.15, 0.2) is 0 Å². The van der Waals surface area contributed by atoms with Crippen molar-refractivity contribution in [1.29, 1.82) is 0 Å². The van der Waals surface area contributed by atoms with Crippen molar-refractivity contribution in [3.63, 3.8) is 0 Å². The van der Waals surface area contributed by atoms with Crippen molar-refractivity contribution < 1.29 is 4.74 Å². The quantitative estimate of drug-likeness (QED) is 0.647. The van der Waals surface area contributed by atoms with E-state index >= 15 is 0 Å². The third kappa shape index (κ3) is 5.76. The molecule has 0 aliphatic carbocycles. The largest absolute Gasteiger partial charge is 0.478 e. The number of benzene rings is 1. The van der Waals surface area contributed by atoms with E-state index in [4.69, 9.17) is 4.74 Å². The van der Waals surface area contributed by atoms with Crippen LogP contribution in [-0.4, -0.2) is 25.2 Å². The molecule has 3 nitrogen and oxygen atoms in total. The van der Waals surface area contributed by atoms with Gasteiger partial charge in [0.25, 0.3) is 0 Å². The third-order valence-corrected chi connectivity index (χ3v) is 4.75. The molecule has 0 fully saturated rings. The van der Waals surface area contributed by atoms with E-state index in [0.717, 1.165) is 18.5 Å². The minimum absolute atomic E-state index is 0.650. The van der Waals surface area contributed by atoms with E-state index in [1.807, 2.05) is 19.2 Å². The van der Waals surface area contributed by atoms with E-state index in [1.54, 1.807) is 0 Å². The predicted octanol–water partition coefficient (Wildman–Crippen LogP) is 6.12. The van der Waals surface area contributed by atoms with Crippen molar-refractivity contribution in [3.8, 4) is 17.0 Å². The van der Waals surface area contributed by atoms with Gasteiger partial charge in [-0.3, -0.25) is 0 Å². The lowest BCUT2D eigenvalue weighted by molar-refractivity contribution is 0.327. The Labute approximate surface area is 159 Å². The zero-order valence-electron chi connectivity index (χ0n) is 16.9. The number of unbranched alkanes of at least 4 members (excludes halogenated alkanes) is 2. The predicted molar refractivity (Wildman–Crippen MR) is 112 cm³/mol. The minimum atomic E-state index is 0.650. The first-order valence-corrected chi connectivity index (χ1v) is 10.1. The maximum Gasteiger partial charge on any atom is 0.213 e. The summed E-state index contributed by atoms with van der Waals surface area (Å²) >= 11 is 0. The van der Waals surface area contributed by atoms with Crippen LogP contribution in [0.5, 0.6) is 5.88 Å². The van der Waals surface area contributed by atoms with Crippen LogP contribution >= 0.6 is 0 Å². The highest BCUT2D eigenvalue weighted by Gasteiger charge is 2.13. The fraction of sp³-hybridized carbons (Fsp3) is 0.522. The lowest BCUT2D eigenvalue weighted by atomic mass is 10.0. The number of aryl methyl sites for hydroxylation is 1. The highest BCUT2D eigenvalue weighted by atomic mass is 16.5. The van der Waals surface area contributed by atoms with E-state index in [0.29, 0.717) is 12.5 Å². The molecular weight excluding hydrogens is 320 g/mol. The van der Waals surface area contributed by atoms with Gasteiger partial charge in [0.05, 0.1) is 6.61 Å². The van der Waals surface area contributed by atoms with Gasteiger partial charge in [-0.15, -0.1) is 0 Å². The first-order valence-electron chi connectivity index (χ1n) is 10.1. The monoisotopic (exact) mass is 354 g/mol. The molecule has 1 aliphatic heterocycles. The van der Waals surface area contributed by atoms with E-state index in [-0.39, 0.29) is 0 Å². The number of rotatable bonds is 5. The first kappa shape index (κ1) is 20.3. The standard InChI is InChI=1S/C18H22N2O.C5H12/c1-3-21-18-10-8-16(13-19-18)14-7-9-17-15(12-14)6-4-5-11-20(17)2;1-3-5-4-2/h7-10,12-13H,3-6,11H2,1-2H3;3-5H2,1-2H3. The maximum absolute atomic E-state index is 5.40. The molecule has 1 aliphatic rings. The SMILES string of the molecule is CCCCC.CCOc1ccc(-c2ccc3c(c2)CCCCN3C)cn1. The molecule has 0 unspecified atom stereocenters. The highest BCUT2D eigenvalue weighted by molar-refractivity contribution is 5.69. The van der Waals surface area contributed by atoms with E-state index < -0.39 is 0 Å². The topological polar surface area (TPSA) is 25.4 Å². The Balaban J connectivity index is 0.000000431. The second-order valence-electron chi connectivity index (χ2n) is 6.89.